The maximum absolute atomic E-state index is 11.6. The Morgan fingerprint density at radius 1 is 1.41 bits per heavy atom. The van der Waals surface area contributed by atoms with E-state index in [1.54, 1.807) is 7.11 Å². The third-order valence-corrected chi connectivity index (χ3v) is 2.19. The summed E-state index contributed by atoms with van der Waals surface area (Å²) in [6.07, 6.45) is 0. The molecule has 0 aliphatic rings. The number of ether oxygens (including phenoxy) is 1. The number of rotatable bonds is 6. The molecule has 2 N–H and O–H groups in total. The van der Waals surface area contributed by atoms with Gasteiger partial charge in [0.15, 0.2) is 0 Å². The summed E-state index contributed by atoms with van der Waals surface area (Å²) in [5.74, 6) is -0.0340. The first-order valence-electron chi connectivity index (χ1n) is 5.73. The maximum atomic E-state index is 11.6. The lowest BCUT2D eigenvalue weighted by Crippen LogP contribution is -2.32. The monoisotopic (exact) mass is 236 g/mol. The fraction of sp³-hybridized carbons (Fsp3) is 0.462. The van der Waals surface area contributed by atoms with Gasteiger partial charge in [0.25, 0.3) is 0 Å². The molecule has 0 bridgehead atoms. The average Bonchev–Trinajstić information content (AvgIpc) is 2.27. The maximum Gasteiger partial charge on any atom is 0.238 e. The Morgan fingerprint density at radius 2 is 2.18 bits per heavy atom. The van der Waals surface area contributed by atoms with Gasteiger partial charge in [-0.1, -0.05) is 26.0 Å². The van der Waals surface area contributed by atoms with Crippen molar-refractivity contribution in [3.63, 3.8) is 0 Å². The zero-order valence-corrected chi connectivity index (χ0v) is 10.6. The number of anilines is 1. The van der Waals surface area contributed by atoms with Gasteiger partial charge in [-0.15, -0.1) is 0 Å². The molecular weight excluding hydrogens is 216 g/mol. The van der Waals surface area contributed by atoms with E-state index in [0.717, 1.165) is 11.3 Å². The number of nitrogens with one attached hydrogen (secondary N) is 2. The summed E-state index contributed by atoms with van der Waals surface area (Å²) in [5, 5.41) is 5.91. The van der Waals surface area contributed by atoms with Gasteiger partial charge in [0.05, 0.1) is 13.2 Å². The highest BCUT2D eigenvalue weighted by molar-refractivity contribution is 5.92. The number of hydrogen-bond donors (Lipinski definition) is 2. The highest BCUT2D eigenvalue weighted by Gasteiger charge is 2.03. The van der Waals surface area contributed by atoms with Gasteiger partial charge in [0.1, 0.15) is 0 Å². The zero-order valence-electron chi connectivity index (χ0n) is 10.6. The topological polar surface area (TPSA) is 50.4 Å². The molecule has 1 rings (SSSR count). The molecule has 0 aromatic heterocycles. The van der Waals surface area contributed by atoms with Gasteiger partial charge in [-0.2, -0.15) is 0 Å². The number of hydrogen-bond acceptors (Lipinski definition) is 3. The van der Waals surface area contributed by atoms with E-state index >= 15 is 0 Å². The molecule has 0 fully saturated rings. The third-order valence-electron chi connectivity index (χ3n) is 2.19. The summed E-state index contributed by atoms with van der Waals surface area (Å²) in [6.45, 7) is 4.89. The van der Waals surface area contributed by atoms with Crippen LogP contribution in [0.2, 0.25) is 0 Å². The standard InChI is InChI=1S/C13H20N2O2/c1-10(2)14-8-13(16)15-12-6-4-5-11(7-12)9-17-3/h4-7,10,14H,8-9H2,1-3H3,(H,15,16). The molecular formula is C13H20N2O2. The second-order valence-corrected chi connectivity index (χ2v) is 4.22. The second kappa shape index (κ2) is 7.04. The fourth-order valence-corrected chi connectivity index (χ4v) is 1.41. The van der Waals surface area contributed by atoms with Crippen molar-refractivity contribution in [2.45, 2.75) is 26.5 Å². The Labute approximate surface area is 102 Å². The van der Waals surface area contributed by atoms with E-state index in [1.807, 2.05) is 38.1 Å². The SMILES string of the molecule is COCc1cccc(NC(=O)CNC(C)C)c1. The molecule has 4 heteroatoms. The highest BCUT2D eigenvalue weighted by Crippen LogP contribution is 2.11. The van der Waals surface area contributed by atoms with Crippen LogP contribution < -0.4 is 10.6 Å². The van der Waals surface area contributed by atoms with Crippen molar-refractivity contribution in [2.75, 3.05) is 19.0 Å². The average molecular weight is 236 g/mol. The summed E-state index contributed by atoms with van der Waals surface area (Å²) in [5.41, 5.74) is 1.84. The van der Waals surface area contributed by atoms with Gasteiger partial charge < -0.3 is 15.4 Å². The van der Waals surface area contributed by atoms with Crippen molar-refractivity contribution in [1.82, 2.24) is 5.32 Å². The van der Waals surface area contributed by atoms with Crippen LogP contribution in [0.25, 0.3) is 0 Å². The molecule has 0 saturated heterocycles. The van der Waals surface area contributed by atoms with Crippen molar-refractivity contribution in [3.05, 3.63) is 29.8 Å². The fourth-order valence-electron chi connectivity index (χ4n) is 1.41. The molecule has 1 aromatic carbocycles. The van der Waals surface area contributed by atoms with Crippen LogP contribution in [-0.2, 0) is 16.1 Å². The molecule has 0 spiro atoms. The Balaban J connectivity index is 2.50. The van der Waals surface area contributed by atoms with Crippen LogP contribution in [-0.4, -0.2) is 25.6 Å². The molecule has 0 aliphatic carbocycles. The van der Waals surface area contributed by atoms with Crippen molar-refractivity contribution < 1.29 is 9.53 Å². The van der Waals surface area contributed by atoms with Gasteiger partial charge in [0, 0.05) is 18.8 Å². The summed E-state index contributed by atoms with van der Waals surface area (Å²) < 4.78 is 5.04. The minimum absolute atomic E-state index is 0.0340. The van der Waals surface area contributed by atoms with Crippen LogP contribution in [0.4, 0.5) is 5.69 Å². The molecule has 0 atom stereocenters. The molecule has 0 heterocycles. The van der Waals surface area contributed by atoms with E-state index in [0.29, 0.717) is 19.2 Å². The van der Waals surface area contributed by atoms with Crippen molar-refractivity contribution in [2.24, 2.45) is 0 Å². The predicted molar refractivity (Wildman–Crippen MR) is 68.9 cm³/mol. The zero-order chi connectivity index (χ0) is 12.7. The van der Waals surface area contributed by atoms with Gasteiger partial charge in [-0.25, -0.2) is 0 Å². The van der Waals surface area contributed by atoms with Gasteiger partial charge >= 0.3 is 0 Å². The molecule has 0 unspecified atom stereocenters. The minimum atomic E-state index is -0.0340. The molecule has 0 saturated carbocycles. The summed E-state index contributed by atoms with van der Waals surface area (Å²) >= 11 is 0. The summed E-state index contributed by atoms with van der Waals surface area (Å²) in [7, 11) is 1.65. The number of methoxy groups -OCH3 is 1. The number of carbonyl (C=O) groups is 1. The van der Waals surface area contributed by atoms with E-state index in [9.17, 15) is 4.79 Å². The number of benzene rings is 1. The Kier molecular flexibility index (Phi) is 5.66. The smallest absolute Gasteiger partial charge is 0.238 e. The second-order valence-electron chi connectivity index (χ2n) is 4.22. The molecule has 0 radical (unpaired) electrons. The van der Waals surface area contributed by atoms with Crippen molar-refractivity contribution >= 4 is 11.6 Å². The lowest BCUT2D eigenvalue weighted by atomic mass is 10.2. The van der Waals surface area contributed by atoms with Gasteiger partial charge in [0.2, 0.25) is 5.91 Å². The first-order valence-corrected chi connectivity index (χ1v) is 5.73. The van der Waals surface area contributed by atoms with E-state index in [4.69, 9.17) is 4.74 Å². The molecule has 17 heavy (non-hydrogen) atoms. The van der Waals surface area contributed by atoms with Gasteiger partial charge in [-0.3, -0.25) is 4.79 Å². The summed E-state index contributed by atoms with van der Waals surface area (Å²) in [4.78, 5) is 11.6. The van der Waals surface area contributed by atoms with Crippen LogP contribution in [0.3, 0.4) is 0 Å². The van der Waals surface area contributed by atoms with E-state index in [1.165, 1.54) is 0 Å². The first kappa shape index (κ1) is 13.7. The van der Waals surface area contributed by atoms with E-state index in [-0.39, 0.29) is 5.91 Å². The predicted octanol–water partition coefficient (Wildman–Crippen LogP) is 1.77. The molecule has 94 valence electrons. The third kappa shape index (κ3) is 5.47. The molecule has 1 amide bonds. The van der Waals surface area contributed by atoms with Crippen LogP contribution in [0.15, 0.2) is 24.3 Å². The number of carbonyl (C=O) groups excluding carboxylic acids is 1. The van der Waals surface area contributed by atoms with Crippen LogP contribution in [0.5, 0.6) is 0 Å². The Bertz CT molecular complexity index is 364. The van der Waals surface area contributed by atoms with Crippen LogP contribution in [0, 0.1) is 0 Å². The molecule has 0 aliphatic heterocycles. The molecule has 4 nitrogen and oxygen atoms in total. The Morgan fingerprint density at radius 3 is 2.82 bits per heavy atom. The van der Waals surface area contributed by atoms with E-state index < -0.39 is 0 Å². The van der Waals surface area contributed by atoms with Crippen molar-refractivity contribution in [1.29, 1.82) is 0 Å². The van der Waals surface area contributed by atoms with Crippen molar-refractivity contribution in [3.8, 4) is 0 Å². The lowest BCUT2D eigenvalue weighted by Gasteiger charge is -2.09. The first-order chi connectivity index (χ1) is 8.11. The lowest BCUT2D eigenvalue weighted by molar-refractivity contribution is -0.115. The van der Waals surface area contributed by atoms with Crippen LogP contribution in [0.1, 0.15) is 19.4 Å². The van der Waals surface area contributed by atoms with Gasteiger partial charge in [-0.05, 0) is 17.7 Å². The summed E-state index contributed by atoms with van der Waals surface area (Å²) in [6, 6.07) is 7.95. The minimum Gasteiger partial charge on any atom is -0.380 e. The van der Waals surface area contributed by atoms with Crippen LogP contribution >= 0.6 is 0 Å². The largest absolute Gasteiger partial charge is 0.380 e. The van der Waals surface area contributed by atoms with E-state index in [2.05, 4.69) is 10.6 Å². The quantitative estimate of drug-likeness (QED) is 0.791. The highest BCUT2D eigenvalue weighted by atomic mass is 16.5. The molecule has 1 aromatic rings. The Hall–Kier alpha value is -1.39. The number of amides is 1. The normalized spacial score (nSPS) is 10.6.